The van der Waals surface area contributed by atoms with Gasteiger partial charge in [0.2, 0.25) is 0 Å². The summed E-state index contributed by atoms with van der Waals surface area (Å²) in [5.74, 6) is -0.652. The molecule has 2 unspecified atom stereocenters. The fourth-order valence-corrected chi connectivity index (χ4v) is 4.27. The number of alkyl halides is 3. The Morgan fingerprint density at radius 3 is 2.79 bits per heavy atom. The summed E-state index contributed by atoms with van der Waals surface area (Å²) < 4.78 is 48.2. The van der Waals surface area contributed by atoms with Crippen LogP contribution in [0.5, 0.6) is 0 Å². The van der Waals surface area contributed by atoms with Crippen molar-refractivity contribution in [3.8, 4) is 5.69 Å². The molecule has 0 N–H and O–H groups in total. The number of aromatic nitrogens is 2. The molecular formula is C19H19ClF3N3O2. The average Bonchev–Trinajstić information content (AvgIpc) is 3.13. The number of hydrogen-bond acceptors (Lipinski definition) is 3. The van der Waals surface area contributed by atoms with Crippen LogP contribution in [-0.2, 0) is 10.9 Å². The molecule has 0 radical (unpaired) electrons. The topological polar surface area (TPSA) is 47.4 Å². The molecule has 1 saturated carbocycles. The van der Waals surface area contributed by atoms with E-state index in [1.165, 1.54) is 23.1 Å². The van der Waals surface area contributed by atoms with E-state index in [1.54, 1.807) is 6.07 Å². The Balaban J connectivity index is 1.74. The van der Waals surface area contributed by atoms with Crippen LogP contribution < -0.4 is 0 Å². The third-order valence-electron chi connectivity index (χ3n) is 5.31. The van der Waals surface area contributed by atoms with Crippen molar-refractivity contribution in [3.05, 3.63) is 46.7 Å². The zero-order valence-electron chi connectivity index (χ0n) is 15.0. The Labute approximate surface area is 165 Å². The van der Waals surface area contributed by atoms with E-state index in [0.29, 0.717) is 6.61 Å². The van der Waals surface area contributed by atoms with E-state index in [2.05, 4.69) is 5.10 Å². The highest BCUT2D eigenvalue weighted by atomic mass is 35.5. The van der Waals surface area contributed by atoms with Crippen LogP contribution in [-0.4, -0.2) is 45.9 Å². The van der Waals surface area contributed by atoms with Crippen molar-refractivity contribution >= 4 is 17.5 Å². The van der Waals surface area contributed by atoms with Crippen molar-refractivity contribution in [2.75, 3.05) is 13.2 Å². The number of halogens is 4. The Hall–Kier alpha value is -2.06. The van der Waals surface area contributed by atoms with Crippen LogP contribution in [0.25, 0.3) is 5.69 Å². The highest BCUT2D eigenvalue weighted by Crippen LogP contribution is 2.36. The van der Waals surface area contributed by atoms with Gasteiger partial charge in [0, 0.05) is 11.6 Å². The van der Waals surface area contributed by atoms with Crippen LogP contribution in [0.3, 0.4) is 0 Å². The molecule has 5 nitrogen and oxygen atoms in total. The standard InChI is InChI=1S/C19H19ClF3N3O2/c20-12-4-3-5-13(10-12)26-17(19(21,22)23)14(11-24-26)18(27)25-8-9-28-16-7-2-1-6-15(16)25/h3-5,10-11,15-16H,1-2,6-9H2. The molecule has 0 bridgehead atoms. The monoisotopic (exact) mass is 413 g/mol. The van der Waals surface area contributed by atoms with Crippen molar-refractivity contribution in [3.63, 3.8) is 0 Å². The predicted molar refractivity (Wildman–Crippen MR) is 96.6 cm³/mol. The van der Waals surface area contributed by atoms with Gasteiger partial charge in [-0.2, -0.15) is 18.3 Å². The molecule has 1 aliphatic heterocycles. The molecule has 2 atom stereocenters. The second kappa shape index (κ2) is 7.40. The molecule has 2 heterocycles. The molecular weight excluding hydrogens is 395 g/mol. The third-order valence-corrected chi connectivity index (χ3v) is 5.55. The molecule has 2 aliphatic rings. The average molecular weight is 414 g/mol. The maximum atomic E-state index is 13.9. The summed E-state index contributed by atoms with van der Waals surface area (Å²) in [5.41, 5.74) is -1.38. The van der Waals surface area contributed by atoms with Crippen LogP contribution in [0.2, 0.25) is 5.02 Å². The van der Waals surface area contributed by atoms with Gasteiger partial charge in [-0.15, -0.1) is 0 Å². The van der Waals surface area contributed by atoms with E-state index in [-0.39, 0.29) is 29.4 Å². The molecule has 2 aromatic rings. The number of amides is 1. The molecule has 150 valence electrons. The second-order valence-corrected chi connectivity index (χ2v) is 7.49. The fraction of sp³-hybridized carbons (Fsp3) is 0.474. The summed E-state index contributed by atoms with van der Waals surface area (Å²) in [4.78, 5) is 14.7. The molecule has 0 spiro atoms. The van der Waals surface area contributed by atoms with Crippen molar-refractivity contribution in [1.29, 1.82) is 0 Å². The van der Waals surface area contributed by atoms with Gasteiger partial charge in [0.1, 0.15) is 0 Å². The lowest BCUT2D eigenvalue weighted by atomic mass is 9.89. The lowest BCUT2D eigenvalue weighted by molar-refractivity contribution is -0.143. The minimum Gasteiger partial charge on any atom is -0.374 e. The number of benzene rings is 1. The van der Waals surface area contributed by atoms with Crippen molar-refractivity contribution in [2.24, 2.45) is 0 Å². The van der Waals surface area contributed by atoms with E-state index in [4.69, 9.17) is 16.3 Å². The smallest absolute Gasteiger partial charge is 0.374 e. The van der Waals surface area contributed by atoms with Crippen molar-refractivity contribution in [2.45, 2.75) is 44.0 Å². The largest absolute Gasteiger partial charge is 0.434 e. The van der Waals surface area contributed by atoms with Crippen LogP contribution in [0.4, 0.5) is 13.2 Å². The number of ether oxygens (including phenoxy) is 1. The number of rotatable bonds is 2. The first-order valence-corrected chi connectivity index (χ1v) is 9.58. The van der Waals surface area contributed by atoms with Crippen LogP contribution >= 0.6 is 11.6 Å². The summed E-state index contributed by atoms with van der Waals surface area (Å²) in [6, 6.07) is 5.75. The predicted octanol–water partition coefficient (Wildman–Crippen LogP) is 4.33. The molecule has 2 fully saturated rings. The summed E-state index contributed by atoms with van der Waals surface area (Å²) in [7, 11) is 0. The quantitative estimate of drug-likeness (QED) is 0.736. The van der Waals surface area contributed by atoms with Crippen LogP contribution in [0.15, 0.2) is 30.5 Å². The Morgan fingerprint density at radius 1 is 1.25 bits per heavy atom. The highest BCUT2D eigenvalue weighted by Gasteiger charge is 2.44. The number of fused-ring (bicyclic) bond motifs is 1. The molecule has 1 saturated heterocycles. The van der Waals surface area contributed by atoms with E-state index in [0.717, 1.165) is 36.6 Å². The van der Waals surface area contributed by atoms with E-state index < -0.39 is 23.3 Å². The normalized spacial score (nSPS) is 22.8. The van der Waals surface area contributed by atoms with E-state index >= 15 is 0 Å². The Kier molecular flexibility index (Phi) is 5.09. The molecule has 28 heavy (non-hydrogen) atoms. The van der Waals surface area contributed by atoms with Crippen molar-refractivity contribution in [1.82, 2.24) is 14.7 Å². The summed E-state index contributed by atoms with van der Waals surface area (Å²) in [5, 5.41) is 4.16. The summed E-state index contributed by atoms with van der Waals surface area (Å²) in [6.45, 7) is 0.607. The molecule has 9 heteroatoms. The van der Waals surface area contributed by atoms with Gasteiger partial charge in [0.05, 0.1) is 36.2 Å². The first-order valence-electron chi connectivity index (χ1n) is 9.20. The van der Waals surface area contributed by atoms with Gasteiger partial charge in [-0.3, -0.25) is 4.79 Å². The minimum absolute atomic E-state index is 0.108. The Morgan fingerprint density at radius 2 is 2.04 bits per heavy atom. The lowest BCUT2D eigenvalue weighted by Gasteiger charge is -2.43. The van der Waals surface area contributed by atoms with Crippen LogP contribution in [0.1, 0.15) is 41.7 Å². The first-order chi connectivity index (χ1) is 13.4. The number of nitrogens with zero attached hydrogens (tertiary/aromatic N) is 3. The third kappa shape index (κ3) is 3.51. The summed E-state index contributed by atoms with van der Waals surface area (Å²) >= 11 is 5.92. The molecule has 4 rings (SSSR count). The first kappa shape index (κ1) is 19.3. The molecule has 1 aromatic heterocycles. The maximum Gasteiger partial charge on any atom is 0.434 e. The second-order valence-electron chi connectivity index (χ2n) is 7.06. The van der Waals surface area contributed by atoms with Gasteiger partial charge in [-0.05, 0) is 31.0 Å². The zero-order valence-corrected chi connectivity index (χ0v) is 15.7. The van der Waals surface area contributed by atoms with Gasteiger partial charge in [-0.1, -0.05) is 30.5 Å². The van der Waals surface area contributed by atoms with E-state index in [1.807, 2.05) is 0 Å². The number of morpholine rings is 1. The number of carbonyl (C=O) groups excluding carboxylic acids is 1. The zero-order chi connectivity index (χ0) is 19.9. The van der Waals surface area contributed by atoms with Crippen molar-refractivity contribution < 1.29 is 22.7 Å². The minimum atomic E-state index is -4.75. The van der Waals surface area contributed by atoms with Gasteiger partial charge in [0.15, 0.2) is 5.69 Å². The lowest BCUT2D eigenvalue weighted by Crippen LogP contribution is -2.55. The Bertz CT molecular complexity index is 882. The fourth-order valence-electron chi connectivity index (χ4n) is 4.08. The van der Waals surface area contributed by atoms with Crippen LogP contribution in [0, 0.1) is 0 Å². The summed E-state index contributed by atoms with van der Waals surface area (Å²) in [6.07, 6.45) is -0.362. The van der Waals surface area contributed by atoms with Gasteiger partial charge in [-0.25, -0.2) is 4.68 Å². The number of carbonyl (C=O) groups is 1. The highest BCUT2D eigenvalue weighted by molar-refractivity contribution is 6.30. The SMILES string of the molecule is O=C(c1cnn(-c2cccc(Cl)c2)c1C(F)(F)F)N1CCOC2CCCCC21. The van der Waals surface area contributed by atoms with Gasteiger partial charge < -0.3 is 9.64 Å². The number of hydrogen-bond donors (Lipinski definition) is 0. The van der Waals surface area contributed by atoms with Gasteiger partial charge >= 0.3 is 6.18 Å². The van der Waals surface area contributed by atoms with E-state index in [9.17, 15) is 18.0 Å². The molecule has 1 aliphatic carbocycles. The maximum absolute atomic E-state index is 13.9. The molecule has 1 amide bonds. The van der Waals surface area contributed by atoms with Gasteiger partial charge in [0.25, 0.3) is 5.91 Å². The molecule has 1 aromatic carbocycles.